The Hall–Kier alpha value is -0.910. The quantitative estimate of drug-likeness (QED) is 0.823. The molecule has 0 aromatic carbocycles. The highest BCUT2D eigenvalue weighted by molar-refractivity contribution is 5.09. The molecule has 1 fully saturated rings. The maximum atomic E-state index is 10.3. The van der Waals surface area contributed by atoms with E-state index in [9.17, 15) is 5.11 Å². The summed E-state index contributed by atoms with van der Waals surface area (Å²) in [4.78, 5) is 4.70. The number of hydrogen-bond acceptors (Lipinski definition) is 4. The van der Waals surface area contributed by atoms with Gasteiger partial charge in [-0.2, -0.15) is 5.10 Å². The van der Waals surface area contributed by atoms with Crippen molar-refractivity contribution in [2.24, 2.45) is 7.05 Å². The molecule has 1 saturated heterocycles. The summed E-state index contributed by atoms with van der Waals surface area (Å²) in [6.07, 6.45) is 4.05. The average molecular weight is 294 g/mol. The lowest BCUT2D eigenvalue weighted by molar-refractivity contribution is 0.0658. The Morgan fingerprint density at radius 3 is 2.81 bits per heavy atom. The number of likely N-dealkylation sites (N-methyl/N-ethyl adjacent to an activating group) is 1. The van der Waals surface area contributed by atoms with Crippen LogP contribution in [-0.2, 0) is 7.05 Å². The molecule has 21 heavy (non-hydrogen) atoms. The zero-order chi connectivity index (χ0) is 15.2. The summed E-state index contributed by atoms with van der Waals surface area (Å²) >= 11 is 0. The number of rotatable bonds is 7. The topological polar surface area (TPSA) is 44.5 Å². The van der Waals surface area contributed by atoms with E-state index in [0.717, 1.165) is 39.3 Å². The summed E-state index contributed by atoms with van der Waals surface area (Å²) < 4.78 is 1.99. The monoisotopic (exact) mass is 294 g/mol. The SMILES string of the molecule is CCN(CC)C[C@@H](O)CN1CCC[C@H](c2ccnn2C)C1. The molecule has 0 spiro atoms. The fourth-order valence-electron chi connectivity index (χ4n) is 3.38. The molecule has 2 heterocycles. The first-order chi connectivity index (χ1) is 10.1. The number of piperidine rings is 1. The van der Waals surface area contributed by atoms with Crippen LogP contribution in [0.4, 0.5) is 0 Å². The summed E-state index contributed by atoms with van der Waals surface area (Å²) in [5.74, 6) is 0.548. The highest BCUT2D eigenvalue weighted by Crippen LogP contribution is 2.26. The second-order valence-electron chi connectivity index (χ2n) is 6.12. The number of aromatic nitrogens is 2. The summed E-state index contributed by atoms with van der Waals surface area (Å²) in [6, 6.07) is 2.13. The minimum atomic E-state index is -0.254. The molecular weight excluding hydrogens is 264 g/mol. The fourth-order valence-corrected chi connectivity index (χ4v) is 3.38. The van der Waals surface area contributed by atoms with Gasteiger partial charge in [-0.15, -0.1) is 0 Å². The van der Waals surface area contributed by atoms with Crippen LogP contribution in [0.25, 0.3) is 0 Å². The van der Waals surface area contributed by atoms with E-state index in [1.807, 2.05) is 17.9 Å². The highest BCUT2D eigenvalue weighted by atomic mass is 16.3. The maximum Gasteiger partial charge on any atom is 0.0793 e. The van der Waals surface area contributed by atoms with Crippen LogP contribution in [0.2, 0.25) is 0 Å². The average Bonchev–Trinajstić information content (AvgIpc) is 2.91. The van der Waals surface area contributed by atoms with Crippen molar-refractivity contribution < 1.29 is 5.11 Å². The standard InChI is InChI=1S/C16H30N4O/c1-4-19(5-2)12-15(21)13-20-10-6-7-14(11-20)16-8-9-17-18(16)3/h8-9,14-15,21H,4-7,10-13H2,1-3H3/t14-,15+/m0/s1. The predicted octanol–water partition coefficient (Wildman–Crippen LogP) is 1.30. The van der Waals surface area contributed by atoms with E-state index in [1.54, 1.807) is 0 Å². The molecule has 1 aliphatic rings. The van der Waals surface area contributed by atoms with Crippen molar-refractivity contribution in [3.05, 3.63) is 18.0 Å². The van der Waals surface area contributed by atoms with Gasteiger partial charge in [-0.3, -0.25) is 4.68 Å². The van der Waals surface area contributed by atoms with Crippen molar-refractivity contribution in [3.8, 4) is 0 Å². The zero-order valence-corrected chi connectivity index (χ0v) is 13.7. The number of aryl methyl sites for hydroxylation is 1. The first-order valence-electron chi connectivity index (χ1n) is 8.24. The van der Waals surface area contributed by atoms with Crippen LogP contribution in [0.3, 0.4) is 0 Å². The molecule has 5 heteroatoms. The van der Waals surface area contributed by atoms with Gasteiger partial charge in [-0.1, -0.05) is 13.8 Å². The summed E-state index contributed by atoms with van der Waals surface area (Å²) in [5, 5.41) is 14.6. The molecule has 2 atom stereocenters. The normalized spacial score (nSPS) is 21.9. The molecule has 1 aromatic rings. The molecule has 0 aliphatic carbocycles. The van der Waals surface area contributed by atoms with E-state index in [0.29, 0.717) is 5.92 Å². The molecule has 5 nitrogen and oxygen atoms in total. The Kier molecular flexibility index (Phi) is 6.21. The largest absolute Gasteiger partial charge is 0.390 e. The number of likely N-dealkylation sites (tertiary alicyclic amines) is 1. The summed E-state index contributed by atoms with van der Waals surface area (Å²) in [6.45, 7) is 10.0. The first-order valence-corrected chi connectivity index (χ1v) is 8.24. The first kappa shape index (κ1) is 16.5. The van der Waals surface area contributed by atoms with E-state index in [2.05, 4.69) is 34.8 Å². The molecular formula is C16H30N4O. The smallest absolute Gasteiger partial charge is 0.0793 e. The van der Waals surface area contributed by atoms with Crippen molar-refractivity contribution in [1.29, 1.82) is 0 Å². The van der Waals surface area contributed by atoms with Crippen LogP contribution in [-0.4, -0.2) is 70.1 Å². The van der Waals surface area contributed by atoms with Gasteiger partial charge in [0.2, 0.25) is 0 Å². The van der Waals surface area contributed by atoms with E-state index in [-0.39, 0.29) is 6.10 Å². The molecule has 0 saturated carbocycles. The van der Waals surface area contributed by atoms with E-state index >= 15 is 0 Å². The third kappa shape index (κ3) is 4.53. The Bertz CT molecular complexity index is 416. The third-order valence-corrected chi connectivity index (χ3v) is 4.61. The molecule has 0 bridgehead atoms. The highest BCUT2D eigenvalue weighted by Gasteiger charge is 2.24. The Labute approximate surface area is 128 Å². The molecule has 120 valence electrons. The van der Waals surface area contributed by atoms with Crippen molar-refractivity contribution in [1.82, 2.24) is 19.6 Å². The van der Waals surface area contributed by atoms with Crippen molar-refractivity contribution >= 4 is 0 Å². The molecule has 2 rings (SSSR count). The number of hydrogen-bond donors (Lipinski definition) is 1. The van der Waals surface area contributed by atoms with Crippen LogP contribution < -0.4 is 0 Å². The van der Waals surface area contributed by atoms with E-state index in [4.69, 9.17) is 0 Å². The number of aliphatic hydroxyl groups is 1. The van der Waals surface area contributed by atoms with Crippen LogP contribution >= 0.6 is 0 Å². The Morgan fingerprint density at radius 2 is 2.19 bits per heavy atom. The van der Waals surface area contributed by atoms with Gasteiger partial charge in [0.05, 0.1) is 6.10 Å². The van der Waals surface area contributed by atoms with Crippen molar-refractivity contribution in [3.63, 3.8) is 0 Å². The minimum Gasteiger partial charge on any atom is -0.390 e. The van der Waals surface area contributed by atoms with Gasteiger partial charge in [0.1, 0.15) is 0 Å². The van der Waals surface area contributed by atoms with Gasteiger partial charge in [0.25, 0.3) is 0 Å². The summed E-state index contributed by atoms with van der Waals surface area (Å²) in [7, 11) is 2.02. The molecule has 1 N–H and O–H groups in total. The number of nitrogens with zero attached hydrogens (tertiary/aromatic N) is 4. The van der Waals surface area contributed by atoms with Gasteiger partial charge < -0.3 is 14.9 Å². The second-order valence-corrected chi connectivity index (χ2v) is 6.12. The van der Waals surface area contributed by atoms with Gasteiger partial charge >= 0.3 is 0 Å². The lowest BCUT2D eigenvalue weighted by Crippen LogP contribution is -2.43. The summed E-state index contributed by atoms with van der Waals surface area (Å²) in [5.41, 5.74) is 1.32. The number of β-amino-alcohol motifs (C(OH)–C–C–N with tert-alkyl or cyclic N) is 1. The molecule has 1 aromatic heterocycles. The number of aliphatic hydroxyl groups excluding tert-OH is 1. The Balaban J connectivity index is 1.85. The van der Waals surface area contributed by atoms with Crippen LogP contribution in [0, 0.1) is 0 Å². The lowest BCUT2D eigenvalue weighted by atomic mass is 9.94. The third-order valence-electron chi connectivity index (χ3n) is 4.61. The van der Waals surface area contributed by atoms with E-state index in [1.165, 1.54) is 18.5 Å². The maximum absolute atomic E-state index is 10.3. The molecule has 0 amide bonds. The van der Waals surface area contributed by atoms with E-state index < -0.39 is 0 Å². The van der Waals surface area contributed by atoms with Gasteiger partial charge in [-0.25, -0.2) is 0 Å². The van der Waals surface area contributed by atoms with Crippen LogP contribution in [0.1, 0.15) is 38.3 Å². The van der Waals surface area contributed by atoms with Crippen LogP contribution in [0.5, 0.6) is 0 Å². The second kappa shape index (κ2) is 7.92. The molecule has 1 aliphatic heterocycles. The van der Waals surface area contributed by atoms with Crippen molar-refractivity contribution in [2.75, 3.05) is 39.3 Å². The van der Waals surface area contributed by atoms with Gasteiger partial charge in [0.15, 0.2) is 0 Å². The van der Waals surface area contributed by atoms with Gasteiger partial charge in [0, 0.05) is 44.5 Å². The van der Waals surface area contributed by atoms with Crippen molar-refractivity contribution in [2.45, 2.75) is 38.7 Å². The predicted molar refractivity (Wildman–Crippen MR) is 85.4 cm³/mol. The molecule has 0 unspecified atom stereocenters. The molecule has 0 radical (unpaired) electrons. The fraction of sp³-hybridized carbons (Fsp3) is 0.812. The zero-order valence-electron chi connectivity index (χ0n) is 13.7. The Morgan fingerprint density at radius 1 is 1.43 bits per heavy atom. The minimum absolute atomic E-state index is 0.254. The lowest BCUT2D eigenvalue weighted by Gasteiger charge is -2.34. The van der Waals surface area contributed by atoms with Gasteiger partial charge in [-0.05, 0) is 38.5 Å². The van der Waals surface area contributed by atoms with Crippen LogP contribution in [0.15, 0.2) is 12.3 Å².